The quantitative estimate of drug-likeness (QED) is 0.627. The number of nitrogens with zero attached hydrogens (tertiary/aromatic N) is 4. The summed E-state index contributed by atoms with van der Waals surface area (Å²) in [5.74, 6) is 1.32. The average Bonchev–Trinajstić information content (AvgIpc) is 3.16. The Kier molecular flexibility index (Phi) is 5.69. The van der Waals surface area contributed by atoms with Crippen molar-refractivity contribution >= 4 is 23.2 Å². The van der Waals surface area contributed by atoms with Gasteiger partial charge in [0.25, 0.3) is 6.01 Å². The molecule has 27 heavy (non-hydrogen) atoms. The van der Waals surface area contributed by atoms with E-state index in [4.69, 9.17) is 15.7 Å². The normalized spacial score (nSPS) is 10.4. The van der Waals surface area contributed by atoms with Gasteiger partial charge in [-0.25, -0.2) is 14.8 Å². The van der Waals surface area contributed by atoms with Gasteiger partial charge in [0, 0.05) is 38.1 Å². The SMILES string of the molecule is [C-]#[N+]c1cc(Nc2cc(C)ccn2)cc(-c2cnc(N(C)CCOC)o2)c1. The highest BCUT2D eigenvalue weighted by atomic mass is 16.5. The number of aryl methyl sites for hydroxylation is 1. The van der Waals surface area contributed by atoms with E-state index in [1.165, 1.54) is 0 Å². The first-order chi connectivity index (χ1) is 13.1. The summed E-state index contributed by atoms with van der Waals surface area (Å²) in [6.07, 6.45) is 3.41. The van der Waals surface area contributed by atoms with E-state index in [9.17, 15) is 0 Å². The fourth-order valence-corrected chi connectivity index (χ4v) is 2.54. The lowest BCUT2D eigenvalue weighted by Crippen LogP contribution is -2.22. The molecule has 7 nitrogen and oxygen atoms in total. The molecule has 0 unspecified atom stereocenters. The number of nitrogens with one attached hydrogen (secondary N) is 1. The maximum Gasteiger partial charge on any atom is 0.297 e. The fourth-order valence-electron chi connectivity index (χ4n) is 2.54. The molecule has 1 N–H and O–H groups in total. The number of ether oxygens (including phenoxy) is 1. The lowest BCUT2D eigenvalue weighted by atomic mass is 10.1. The van der Waals surface area contributed by atoms with Gasteiger partial charge in [0.15, 0.2) is 11.4 Å². The molecule has 0 aliphatic rings. The highest BCUT2D eigenvalue weighted by Crippen LogP contribution is 2.32. The molecule has 0 saturated heterocycles. The summed E-state index contributed by atoms with van der Waals surface area (Å²) >= 11 is 0. The number of aromatic nitrogens is 2. The minimum atomic E-state index is 0.505. The van der Waals surface area contributed by atoms with Crippen LogP contribution in [0.5, 0.6) is 0 Å². The molecule has 1 aromatic carbocycles. The number of hydrogen-bond donors (Lipinski definition) is 1. The van der Waals surface area contributed by atoms with E-state index in [1.54, 1.807) is 31.6 Å². The minimum absolute atomic E-state index is 0.505. The molecule has 0 radical (unpaired) electrons. The van der Waals surface area contributed by atoms with Crippen LogP contribution in [0.3, 0.4) is 0 Å². The van der Waals surface area contributed by atoms with E-state index in [0.29, 0.717) is 30.6 Å². The first kappa shape index (κ1) is 18.4. The third-order valence-corrected chi connectivity index (χ3v) is 3.97. The average molecular weight is 363 g/mol. The first-order valence-electron chi connectivity index (χ1n) is 8.47. The molecule has 0 saturated carbocycles. The Balaban J connectivity index is 1.88. The van der Waals surface area contributed by atoms with Crippen LogP contribution >= 0.6 is 0 Å². The standard InChI is InChI=1S/C20H21N5O2/c1-14-5-6-22-19(9-14)24-17-11-15(10-16(12-17)21-2)18-13-23-20(27-18)25(3)7-8-26-4/h5-6,9-13H,7-8H2,1,3-4H3,(H,22,24). The molecule has 0 aliphatic heterocycles. The van der Waals surface area contributed by atoms with Crippen LogP contribution in [0.2, 0.25) is 0 Å². The highest BCUT2D eigenvalue weighted by molar-refractivity contribution is 5.74. The third-order valence-electron chi connectivity index (χ3n) is 3.97. The van der Waals surface area contributed by atoms with Crippen LogP contribution in [-0.4, -0.2) is 37.3 Å². The van der Waals surface area contributed by atoms with Crippen molar-refractivity contribution in [2.75, 3.05) is 37.5 Å². The van der Waals surface area contributed by atoms with Crippen molar-refractivity contribution in [1.29, 1.82) is 0 Å². The van der Waals surface area contributed by atoms with E-state index in [-0.39, 0.29) is 0 Å². The second kappa shape index (κ2) is 8.34. The molecule has 0 fully saturated rings. The van der Waals surface area contributed by atoms with Gasteiger partial charge in [-0.15, -0.1) is 0 Å². The summed E-state index contributed by atoms with van der Waals surface area (Å²) in [6, 6.07) is 9.86. The summed E-state index contributed by atoms with van der Waals surface area (Å²) in [5.41, 5.74) is 3.15. The van der Waals surface area contributed by atoms with Gasteiger partial charge in [-0.05, 0) is 42.8 Å². The van der Waals surface area contributed by atoms with Crippen LogP contribution in [-0.2, 0) is 4.74 Å². The van der Waals surface area contributed by atoms with Gasteiger partial charge in [0.2, 0.25) is 0 Å². The topological polar surface area (TPSA) is 67.8 Å². The van der Waals surface area contributed by atoms with Crippen LogP contribution in [0.25, 0.3) is 16.2 Å². The van der Waals surface area contributed by atoms with Crippen LogP contribution < -0.4 is 10.2 Å². The number of benzene rings is 1. The molecule has 0 amide bonds. The number of pyridine rings is 1. The molecule has 7 heteroatoms. The zero-order valence-corrected chi connectivity index (χ0v) is 15.6. The van der Waals surface area contributed by atoms with Crippen LogP contribution in [0.1, 0.15) is 5.56 Å². The summed E-state index contributed by atoms with van der Waals surface area (Å²) in [4.78, 5) is 14.1. The first-order valence-corrected chi connectivity index (χ1v) is 8.47. The van der Waals surface area contributed by atoms with Crippen molar-refractivity contribution in [2.24, 2.45) is 0 Å². The molecule has 0 atom stereocenters. The van der Waals surface area contributed by atoms with E-state index in [2.05, 4.69) is 20.1 Å². The molecular weight excluding hydrogens is 342 g/mol. The Morgan fingerprint density at radius 1 is 1.26 bits per heavy atom. The lowest BCUT2D eigenvalue weighted by molar-refractivity contribution is 0.205. The third kappa shape index (κ3) is 4.63. The van der Waals surface area contributed by atoms with E-state index in [0.717, 1.165) is 22.6 Å². The predicted molar refractivity (Wildman–Crippen MR) is 106 cm³/mol. The van der Waals surface area contributed by atoms with Gasteiger partial charge < -0.3 is 19.4 Å². The fraction of sp³-hybridized carbons (Fsp3) is 0.250. The largest absolute Gasteiger partial charge is 0.424 e. The Bertz CT molecular complexity index is 961. The molecule has 3 rings (SSSR count). The predicted octanol–water partition coefficient (Wildman–Crippen LogP) is 4.42. The molecule has 0 aliphatic carbocycles. The van der Waals surface area contributed by atoms with Crippen molar-refractivity contribution in [3.63, 3.8) is 0 Å². The monoisotopic (exact) mass is 363 g/mol. The smallest absolute Gasteiger partial charge is 0.297 e. The number of hydrogen-bond acceptors (Lipinski definition) is 6. The Labute approximate surface area is 158 Å². The number of likely N-dealkylation sites (N-methyl/N-ethyl adjacent to an activating group) is 1. The Morgan fingerprint density at radius 3 is 2.85 bits per heavy atom. The lowest BCUT2D eigenvalue weighted by Gasteiger charge is -2.13. The van der Waals surface area contributed by atoms with Crippen molar-refractivity contribution in [3.05, 3.63) is 59.7 Å². The Hall–Kier alpha value is -3.37. The molecule has 2 heterocycles. The summed E-state index contributed by atoms with van der Waals surface area (Å²) < 4.78 is 10.9. The molecule has 0 spiro atoms. The molecule has 0 bridgehead atoms. The van der Waals surface area contributed by atoms with Crippen LogP contribution in [0.15, 0.2) is 47.1 Å². The van der Waals surface area contributed by atoms with Gasteiger partial charge in [-0.2, -0.15) is 0 Å². The molecular formula is C20H21N5O2. The van der Waals surface area contributed by atoms with Crippen molar-refractivity contribution in [3.8, 4) is 11.3 Å². The highest BCUT2D eigenvalue weighted by Gasteiger charge is 2.12. The van der Waals surface area contributed by atoms with Gasteiger partial charge in [0.05, 0.1) is 19.4 Å². The van der Waals surface area contributed by atoms with Gasteiger partial charge in [0.1, 0.15) is 5.82 Å². The minimum Gasteiger partial charge on any atom is -0.424 e. The van der Waals surface area contributed by atoms with Crippen molar-refractivity contribution in [1.82, 2.24) is 9.97 Å². The van der Waals surface area contributed by atoms with Crippen molar-refractivity contribution < 1.29 is 9.15 Å². The van der Waals surface area contributed by atoms with Gasteiger partial charge in [-0.1, -0.05) is 0 Å². The van der Waals surface area contributed by atoms with Crippen LogP contribution in [0.4, 0.5) is 23.2 Å². The summed E-state index contributed by atoms with van der Waals surface area (Å²) in [6.45, 7) is 10.6. The van der Waals surface area contributed by atoms with E-state index < -0.39 is 0 Å². The summed E-state index contributed by atoms with van der Waals surface area (Å²) in [7, 11) is 3.54. The second-order valence-electron chi connectivity index (χ2n) is 6.15. The molecule has 2 aromatic heterocycles. The van der Waals surface area contributed by atoms with Gasteiger partial charge >= 0.3 is 0 Å². The van der Waals surface area contributed by atoms with Gasteiger partial charge in [-0.3, -0.25) is 0 Å². The molecule has 138 valence electrons. The zero-order chi connectivity index (χ0) is 19.2. The van der Waals surface area contributed by atoms with E-state index >= 15 is 0 Å². The number of rotatable bonds is 7. The number of anilines is 3. The number of methoxy groups -OCH3 is 1. The second-order valence-corrected chi connectivity index (χ2v) is 6.15. The maximum atomic E-state index is 7.38. The molecule has 3 aromatic rings. The summed E-state index contributed by atoms with van der Waals surface area (Å²) in [5, 5.41) is 3.24. The zero-order valence-electron chi connectivity index (χ0n) is 15.6. The maximum absolute atomic E-state index is 7.38. The van der Waals surface area contributed by atoms with Crippen LogP contribution in [0, 0.1) is 13.5 Å². The number of oxazole rings is 1. The van der Waals surface area contributed by atoms with E-state index in [1.807, 2.05) is 37.1 Å². The van der Waals surface area contributed by atoms with Crippen molar-refractivity contribution in [2.45, 2.75) is 6.92 Å². The Morgan fingerprint density at radius 2 is 2.11 bits per heavy atom.